The molecule has 0 atom stereocenters. The van der Waals surface area contributed by atoms with Gasteiger partial charge in [-0.25, -0.2) is 4.79 Å². The Labute approximate surface area is 109 Å². The predicted octanol–water partition coefficient (Wildman–Crippen LogP) is 3.86. The van der Waals surface area contributed by atoms with E-state index >= 15 is 0 Å². The third kappa shape index (κ3) is 3.76. The second-order valence-corrected chi connectivity index (χ2v) is 6.48. The summed E-state index contributed by atoms with van der Waals surface area (Å²) in [7, 11) is 0. The van der Waals surface area contributed by atoms with Gasteiger partial charge in [0.15, 0.2) is 0 Å². The summed E-state index contributed by atoms with van der Waals surface area (Å²) in [6.07, 6.45) is 0. The van der Waals surface area contributed by atoms with Crippen molar-refractivity contribution >= 4 is 5.97 Å². The molecule has 0 bridgehead atoms. The van der Waals surface area contributed by atoms with Gasteiger partial charge in [-0.2, -0.15) is 0 Å². The minimum Gasteiger partial charge on any atom is -0.487 e. The first kappa shape index (κ1) is 14.6. The molecule has 1 rings (SSSR count). The smallest absolute Gasteiger partial charge is 0.339 e. The minimum absolute atomic E-state index is 0.0789. The molecule has 0 unspecified atom stereocenters. The zero-order chi connectivity index (χ0) is 14.1. The summed E-state index contributed by atoms with van der Waals surface area (Å²) >= 11 is 0. The number of benzene rings is 1. The summed E-state index contributed by atoms with van der Waals surface area (Å²) in [5, 5.41) is 9.27. The Morgan fingerprint density at radius 2 is 1.67 bits per heavy atom. The largest absolute Gasteiger partial charge is 0.487 e. The second kappa shape index (κ2) is 4.63. The monoisotopic (exact) mass is 250 g/mol. The van der Waals surface area contributed by atoms with Crippen LogP contribution >= 0.6 is 0 Å². The molecule has 0 fully saturated rings. The van der Waals surface area contributed by atoms with E-state index in [4.69, 9.17) is 4.74 Å². The highest BCUT2D eigenvalue weighted by atomic mass is 16.5. The van der Waals surface area contributed by atoms with E-state index in [1.165, 1.54) is 0 Å². The van der Waals surface area contributed by atoms with E-state index in [-0.39, 0.29) is 11.0 Å². The number of carboxylic acid groups (broad SMARTS) is 1. The molecule has 18 heavy (non-hydrogen) atoms. The van der Waals surface area contributed by atoms with Crippen LogP contribution in [-0.4, -0.2) is 16.7 Å². The molecule has 0 heterocycles. The predicted molar refractivity (Wildman–Crippen MR) is 72.5 cm³/mol. The van der Waals surface area contributed by atoms with Crippen molar-refractivity contribution in [2.24, 2.45) is 0 Å². The van der Waals surface area contributed by atoms with Gasteiger partial charge in [0.05, 0.1) is 0 Å². The lowest BCUT2D eigenvalue weighted by atomic mass is 9.86. The topological polar surface area (TPSA) is 46.5 Å². The summed E-state index contributed by atoms with van der Waals surface area (Å²) < 4.78 is 5.68. The zero-order valence-corrected chi connectivity index (χ0v) is 12.0. The van der Waals surface area contributed by atoms with Crippen LogP contribution in [0.3, 0.4) is 0 Å². The Balaban J connectivity index is 3.26. The van der Waals surface area contributed by atoms with Gasteiger partial charge in [-0.05, 0) is 43.9 Å². The van der Waals surface area contributed by atoms with Gasteiger partial charge < -0.3 is 9.84 Å². The third-order valence-electron chi connectivity index (χ3n) is 2.49. The van der Waals surface area contributed by atoms with Crippen molar-refractivity contribution in [3.8, 4) is 5.75 Å². The van der Waals surface area contributed by atoms with Gasteiger partial charge in [-0.1, -0.05) is 26.8 Å². The van der Waals surface area contributed by atoms with Crippen LogP contribution in [0.5, 0.6) is 5.75 Å². The Hall–Kier alpha value is -1.51. The summed E-state index contributed by atoms with van der Waals surface area (Å²) in [6.45, 7) is 11.9. The van der Waals surface area contributed by atoms with Crippen molar-refractivity contribution in [1.29, 1.82) is 0 Å². The lowest BCUT2D eigenvalue weighted by Gasteiger charge is -2.25. The molecule has 0 saturated carbocycles. The Kier molecular flexibility index (Phi) is 3.75. The second-order valence-electron chi connectivity index (χ2n) is 6.48. The number of aromatic carboxylic acids is 1. The summed E-state index contributed by atoms with van der Waals surface area (Å²) in [6, 6.07) is 5.37. The van der Waals surface area contributed by atoms with Crippen LogP contribution < -0.4 is 4.74 Å². The van der Waals surface area contributed by atoms with Gasteiger partial charge in [-0.3, -0.25) is 0 Å². The van der Waals surface area contributed by atoms with E-state index in [0.29, 0.717) is 5.75 Å². The molecule has 1 N–H and O–H groups in total. The van der Waals surface area contributed by atoms with Crippen molar-refractivity contribution in [3.63, 3.8) is 0 Å². The molecular formula is C15H22O3. The molecule has 3 nitrogen and oxygen atoms in total. The lowest BCUT2D eigenvalue weighted by molar-refractivity contribution is 0.0681. The van der Waals surface area contributed by atoms with Crippen molar-refractivity contribution in [2.45, 2.75) is 52.6 Å². The number of rotatable bonds is 2. The molecule has 0 aromatic heterocycles. The SMILES string of the molecule is CC(C)(C)Oc1ccc(C(C)(C)C)cc1C(=O)O. The summed E-state index contributed by atoms with van der Waals surface area (Å²) in [4.78, 5) is 11.3. The van der Waals surface area contributed by atoms with Crippen LogP contribution in [0.25, 0.3) is 0 Å². The first-order valence-electron chi connectivity index (χ1n) is 6.07. The van der Waals surface area contributed by atoms with Crippen molar-refractivity contribution in [3.05, 3.63) is 29.3 Å². The minimum atomic E-state index is -0.958. The number of hydrogen-bond donors (Lipinski definition) is 1. The van der Waals surface area contributed by atoms with Crippen molar-refractivity contribution in [1.82, 2.24) is 0 Å². The van der Waals surface area contributed by atoms with Gasteiger partial charge in [-0.15, -0.1) is 0 Å². The van der Waals surface area contributed by atoms with E-state index in [0.717, 1.165) is 5.56 Å². The molecule has 1 aromatic carbocycles. The van der Waals surface area contributed by atoms with Gasteiger partial charge in [0.25, 0.3) is 0 Å². The average molecular weight is 250 g/mol. The van der Waals surface area contributed by atoms with E-state index < -0.39 is 11.6 Å². The summed E-state index contributed by atoms with van der Waals surface area (Å²) in [5.41, 5.74) is 0.719. The number of ether oxygens (including phenoxy) is 1. The van der Waals surface area contributed by atoms with Crippen LogP contribution in [0.1, 0.15) is 57.5 Å². The molecule has 0 amide bonds. The fraction of sp³-hybridized carbons (Fsp3) is 0.533. The molecule has 0 saturated heterocycles. The highest BCUT2D eigenvalue weighted by Crippen LogP contribution is 2.29. The highest BCUT2D eigenvalue weighted by molar-refractivity contribution is 5.91. The number of hydrogen-bond acceptors (Lipinski definition) is 2. The van der Waals surface area contributed by atoms with Crippen molar-refractivity contribution in [2.75, 3.05) is 0 Å². The zero-order valence-electron chi connectivity index (χ0n) is 12.0. The number of carboxylic acids is 1. The van der Waals surface area contributed by atoms with Crippen LogP contribution in [0.15, 0.2) is 18.2 Å². The first-order valence-corrected chi connectivity index (χ1v) is 6.07. The Morgan fingerprint density at radius 1 is 1.11 bits per heavy atom. The maximum atomic E-state index is 11.3. The Morgan fingerprint density at radius 3 is 2.06 bits per heavy atom. The van der Waals surface area contributed by atoms with Crippen LogP contribution in [0, 0.1) is 0 Å². The quantitative estimate of drug-likeness (QED) is 0.867. The van der Waals surface area contributed by atoms with Gasteiger partial charge in [0, 0.05) is 0 Å². The number of carbonyl (C=O) groups is 1. The molecule has 0 aliphatic heterocycles. The highest BCUT2D eigenvalue weighted by Gasteiger charge is 2.21. The maximum Gasteiger partial charge on any atom is 0.339 e. The van der Waals surface area contributed by atoms with E-state index in [2.05, 4.69) is 20.8 Å². The first-order chi connectivity index (χ1) is 8.00. The fourth-order valence-electron chi connectivity index (χ4n) is 1.58. The molecule has 1 aromatic rings. The Bertz CT molecular complexity index is 448. The van der Waals surface area contributed by atoms with Gasteiger partial charge in [0.1, 0.15) is 16.9 Å². The lowest BCUT2D eigenvalue weighted by Crippen LogP contribution is -2.24. The van der Waals surface area contributed by atoms with E-state index in [9.17, 15) is 9.90 Å². The van der Waals surface area contributed by atoms with E-state index in [1.54, 1.807) is 12.1 Å². The molecule has 0 aliphatic rings. The molecule has 0 spiro atoms. The van der Waals surface area contributed by atoms with Crippen LogP contribution in [-0.2, 0) is 5.41 Å². The van der Waals surface area contributed by atoms with Gasteiger partial charge >= 0.3 is 5.97 Å². The fourth-order valence-corrected chi connectivity index (χ4v) is 1.58. The van der Waals surface area contributed by atoms with Crippen LogP contribution in [0.2, 0.25) is 0 Å². The maximum absolute atomic E-state index is 11.3. The normalized spacial score (nSPS) is 12.3. The average Bonchev–Trinajstić information content (AvgIpc) is 2.13. The van der Waals surface area contributed by atoms with Gasteiger partial charge in [0.2, 0.25) is 0 Å². The molecule has 3 heteroatoms. The summed E-state index contributed by atoms with van der Waals surface area (Å²) in [5.74, 6) is -0.539. The van der Waals surface area contributed by atoms with Crippen LogP contribution in [0.4, 0.5) is 0 Å². The third-order valence-corrected chi connectivity index (χ3v) is 2.49. The molecule has 0 aliphatic carbocycles. The standard InChI is InChI=1S/C15H22O3/c1-14(2,3)10-7-8-12(18-15(4,5)6)11(9-10)13(16)17/h7-9H,1-6H3,(H,16,17). The van der Waals surface area contributed by atoms with E-state index in [1.807, 2.05) is 26.8 Å². The molecule has 100 valence electrons. The molecule has 0 radical (unpaired) electrons. The van der Waals surface area contributed by atoms with Crippen molar-refractivity contribution < 1.29 is 14.6 Å². The molecular weight excluding hydrogens is 228 g/mol.